The molecular formula is C18H19FN2O3. The Morgan fingerprint density at radius 3 is 2.54 bits per heavy atom. The van der Waals surface area contributed by atoms with Crippen LogP contribution in [-0.2, 0) is 9.53 Å². The van der Waals surface area contributed by atoms with Gasteiger partial charge in [-0.1, -0.05) is 18.2 Å². The van der Waals surface area contributed by atoms with Crippen molar-refractivity contribution < 1.29 is 18.7 Å². The zero-order chi connectivity index (χ0) is 17.7. The highest BCUT2D eigenvalue weighted by Crippen LogP contribution is 2.17. The summed E-state index contributed by atoms with van der Waals surface area (Å²) in [6.45, 7) is 3.09. The van der Waals surface area contributed by atoms with E-state index in [4.69, 9.17) is 4.74 Å². The summed E-state index contributed by atoms with van der Waals surface area (Å²) >= 11 is 0. The number of para-hydroxylation sites is 1. The molecule has 0 aliphatic heterocycles. The average molecular weight is 330 g/mol. The molecular weight excluding hydrogens is 311 g/mol. The molecule has 0 aliphatic carbocycles. The highest BCUT2D eigenvalue weighted by atomic mass is 19.1. The fraction of sp³-hybridized carbons (Fsp3) is 0.222. The second kappa shape index (κ2) is 7.59. The van der Waals surface area contributed by atoms with Crippen LogP contribution in [0.2, 0.25) is 0 Å². The molecule has 0 fully saturated rings. The molecule has 0 heterocycles. The minimum Gasteiger partial charge on any atom is -0.449 e. The summed E-state index contributed by atoms with van der Waals surface area (Å²) in [5.41, 5.74) is 1.73. The first-order valence-electron chi connectivity index (χ1n) is 7.47. The van der Waals surface area contributed by atoms with Crippen molar-refractivity contribution in [1.29, 1.82) is 0 Å². The van der Waals surface area contributed by atoms with E-state index in [0.717, 1.165) is 0 Å². The molecule has 1 unspecified atom stereocenters. The van der Waals surface area contributed by atoms with Crippen molar-refractivity contribution in [3.8, 4) is 0 Å². The van der Waals surface area contributed by atoms with Crippen LogP contribution in [0.15, 0.2) is 42.5 Å². The predicted molar refractivity (Wildman–Crippen MR) is 90.6 cm³/mol. The van der Waals surface area contributed by atoms with Crippen LogP contribution in [-0.4, -0.2) is 25.0 Å². The molecule has 1 amide bonds. The van der Waals surface area contributed by atoms with E-state index in [1.807, 2.05) is 0 Å². The summed E-state index contributed by atoms with van der Waals surface area (Å²) in [7, 11) is 1.69. The smallest absolute Gasteiger partial charge is 0.341 e. The molecule has 0 aromatic heterocycles. The minimum atomic E-state index is -1.02. The van der Waals surface area contributed by atoms with Crippen molar-refractivity contribution in [2.24, 2.45) is 0 Å². The highest BCUT2D eigenvalue weighted by Gasteiger charge is 2.20. The molecule has 6 heteroatoms. The number of rotatable bonds is 5. The Bertz CT molecular complexity index is 762. The third-order valence-electron chi connectivity index (χ3n) is 3.51. The first-order valence-corrected chi connectivity index (χ1v) is 7.47. The fourth-order valence-corrected chi connectivity index (χ4v) is 2.07. The maximum Gasteiger partial charge on any atom is 0.341 e. The van der Waals surface area contributed by atoms with E-state index < -0.39 is 23.8 Å². The van der Waals surface area contributed by atoms with E-state index in [-0.39, 0.29) is 0 Å². The number of anilines is 2. The van der Waals surface area contributed by atoms with Crippen LogP contribution >= 0.6 is 0 Å². The number of benzene rings is 2. The number of nitrogens with one attached hydrogen (secondary N) is 2. The second-order valence-electron chi connectivity index (χ2n) is 5.30. The Labute approximate surface area is 139 Å². The van der Waals surface area contributed by atoms with Crippen LogP contribution in [0.5, 0.6) is 0 Å². The standard InChI is InChI=1S/C18H19FN2O3/c1-11-8-9-13(10-15(11)19)21-17(22)12(2)24-18(23)14-6-4-5-7-16(14)20-3/h4-10,12,20H,1-3H3,(H,21,22). The molecule has 2 N–H and O–H groups in total. The van der Waals surface area contributed by atoms with E-state index >= 15 is 0 Å². The topological polar surface area (TPSA) is 67.4 Å². The molecule has 0 bridgehead atoms. The van der Waals surface area contributed by atoms with Crippen molar-refractivity contribution in [1.82, 2.24) is 0 Å². The zero-order valence-corrected chi connectivity index (χ0v) is 13.7. The van der Waals surface area contributed by atoms with Crippen LogP contribution in [0.25, 0.3) is 0 Å². The van der Waals surface area contributed by atoms with Gasteiger partial charge in [0.15, 0.2) is 6.10 Å². The van der Waals surface area contributed by atoms with E-state index in [9.17, 15) is 14.0 Å². The Hall–Kier alpha value is -2.89. The molecule has 0 saturated heterocycles. The largest absolute Gasteiger partial charge is 0.449 e. The summed E-state index contributed by atoms with van der Waals surface area (Å²) in [4.78, 5) is 24.3. The van der Waals surface area contributed by atoms with Crippen LogP contribution in [0, 0.1) is 12.7 Å². The van der Waals surface area contributed by atoms with Crippen molar-refractivity contribution in [2.45, 2.75) is 20.0 Å². The van der Waals surface area contributed by atoms with Gasteiger partial charge in [0.25, 0.3) is 5.91 Å². The first kappa shape index (κ1) is 17.5. The van der Waals surface area contributed by atoms with Crippen molar-refractivity contribution in [3.05, 3.63) is 59.4 Å². The van der Waals surface area contributed by atoms with Crippen LogP contribution < -0.4 is 10.6 Å². The van der Waals surface area contributed by atoms with Gasteiger partial charge in [0.1, 0.15) is 5.82 Å². The lowest BCUT2D eigenvalue weighted by Gasteiger charge is -2.15. The summed E-state index contributed by atoms with van der Waals surface area (Å²) in [6.07, 6.45) is -1.02. The number of aryl methyl sites for hydroxylation is 1. The minimum absolute atomic E-state index is 0.307. The fourth-order valence-electron chi connectivity index (χ4n) is 2.07. The Kier molecular flexibility index (Phi) is 5.52. The van der Waals surface area contributed by atoms with E-state index in [2.05, 4.69) is 10.6 Å². The van der Waals surface area contributed by atoms with Gasteiger partial charge in [-0.2, -0.15) is 0 Å². The molecule has 2 aromatic carbocycles. The van der Waals surface area contributed by atoms with Gasteiger partial charge in [-0.25, -0.2) is 9.18 Å². The van der Waals surface area contributed by atoms with Crippen molar-refractivity contribution in [2.75, 3.05) is 17.7 Å². The SMILES string of the molecule is CNc1ccccc1C(=O)OC(C)C(=O)Nc1ccc(C)c(F)c1. The Balaban J connectivity index is 2.03. The molecule has 5 nitrogen and oxygen atoms in total. The van der Waals surface area contributed by atoms with Crippen molar-refractivity contribution in [3.63, 3.8) is 0 Å². The lowest BCUT2D eigenvalue weighted by atomic mass is 10.2. The van der Waals surface area contributed by atoms with Gasteiger partial charge in [0.2, 0.25) is 0 Å². The lowest BCUT2D eigenvalue weighted by Crippen LogP contribution is -2.30. The summed E-state index contributed by atoms with van der Waals surface area (Å²) in [5.74, 6) is -1.56. The van der Waals surface area contributed by atoms with E-state index in [0.29, 0.717) is 22.5 Å². The Morgan fingerprint density at radius 1 is 1.17 bits per heavy atom. The van der Waals surface area contributed by atoms with E-state index in [1.54, 1.807) is 50.4 Å². The molecule has 0 aliphatic rings. The molecule has 2 rings (SSSR count). The number of esters is 1. The first-order chi connectivity index (χ1) is 11.4. The van der Waals surface area contributed by atoms with Gasteiger partial charge in [-0.15, -0.1) is 0 Å². The molecule has 126 valence electrons. The third kappa shape index (κ3) is 4.10. The zero-order valence-electron chi connectivity index (χ0n) is 13.7. The number of amides is 1. The predicted octanol–water partition coefficient (Wildman–Crippen LogP) is 3.36. The quantitative estimate of drug-likeness (QED) is 0.825. The summed E-state index contributed by atoms with van der Waals surface area (Å²) in [5, 5.41) is 5.41. The number of carbonyl (C=O) groups excluding carboxylic acids is 2. The molecule has 0 spiro atoms. The normalized spacial score (nSPS) is 11.5. The highest BCUT2D eigenvalue weighted by molar-refractivity contribution is 5.99. The van der Waals surface area contributed by atoms with Gasteiger partial charge in [-0.3, -0.25) is 4.79 Å². The molecule has 0 saturated carbocycles. The number of ether oxygens (including phenoxy) is 1. The third-order valence-corrected chi connectivity index (χ3v) is 3.51. The van der Waals surface area contributed by atoms with Gasteiger partial charge in [-0.05, 0) is 43.7 Å². The number of hydrogen-bond acceptors (Lipinski definition) is 4. The molecule has 1 atom stereocenters. The Morgan fingerprint density at radius 2 is 1.88 bits per heavy atom. The van der Waals surface area contributed by atoms with Gasteiger partial charge >= 0.3 is 5.97 Å². The lowest BCUT2D eigenvalue weighted by molar-refractivity contribution is -0.123. The van der Waals surface area contributed by atoms with Crippen LogP contribution in [0.4, 0.5) is 15.8 Å². The monoisotopic (exact) mass is 330 g/mol. The van der Waals surface area contributed by atoms with Crippen molar-refractivity contribution >= 4 is 23.3 Å². The average Bonchev–Trinajstić information content (AvgIpc) is 2.57. The number of halogens is 1. The van der Waals surface area contributed by atoms with Gasteiger partial charge in [0.05, 0.1) is 5.56 Å². The maximum absolute atomic E-state index is 13.5. The second-order valence-corrected chi connectivity index (χ2v) is 5.30. The molecule has 2 aromatic rings. The number of carbonyl (C=O) groups is 2. The molecule has 0 radical (unpaired) electrons. The number of hydrogen-bond donors (Lipinski definition) is 2. The maximum atomic E-state index is 13.5. The van der Waals surface area contributed by atoms with Crippen LogP contribution in [0.3, 0.4) is 0 Å². The molecule has 24 heavy (non-hydrogen) atoms. The van der Waals surface area contributed by atoms with Gasteiger partial charge < -0.3 is 15.4 Å². The summed E-state index contributed by atoms with van der Waals surface area (Å²) < 4.78 is 18.7. The van der Waals surface area contributed by atoms with E-state index in [1.165, 1.54) is 13.0 Å². The van der Waals surface area contributed by atoms with Crippen LogP contribution in [0.1, 0.15) is 22.8 Å². The van der Waals surface area contributed by atoms with Gasteiger partial charge in [0, 0.05) is 18.4 Å². The summed E-state index contributed by atoms with van der Waals surface area (Å²) in [6, 6.07) is 11.2.